The number of ether oxygens (including phenoxy) is 1. The fourth-order valence-corrected chi connectivity index (χ4v) is 1.81. The summed E-state index contributed by atoms with van der Waals surface area (Å²) in [4.78, 5) is 0. The normalized spacial score (nSPS) is 12.8. The van der Waals surface area contributed by atoms with Crippen molar-refractivity contribution in [2.45, 2.75) is 45.8 Å². The molecule has 102 valence electrons. The highest BCUT2D eigenvalue weighted by Gasteiger charge is 2.14. The minimum atomic E-state index is -0.482. The van der Waals surface area contributed by atoms with Gasteiger partial charge >= 0.3 is 0 Å². The van der Waals surface area contributed by atoms with E-state index in [1.807, 2.05) is 0 Å². The second-order valence-electron chi connectivity index (χ2n) is 4.64. The van der Waals surface area contributed by atoms with E-state index in [1.165, 1.54) is 6.07 Å². The summed E-state index contributed by atoms with van der Waals surface area (Å²) < 4.78 is 19.4. The van der Waals surface area contributed by atoms with Crippen LogP contribution in [0.3, 0.4) is 0 Å². The highest BCUT2D eigenvalue weighted by Crippen LogP contribution is 2.25. The molecule has 1 aromatic carbocycles. The van der Waals surface area contributed by atoms with Crippen LogP contribution in [-0.4, -0.2) is 18.7 Å². The van der Waals surface area contributed by atoms with Gasteiger partial charge < -0.3 is 10.1 Å². The van der Waals surface area contributed by atoms with Gasteiger partial charge in [0.15, 0.2) is 11.6 Å². The van der Waals surface area contributed by atoms with Gasteiger partial charge in [0.1, 0.15) is 6.10 Å². The number of halogens is 2. The molecule has 0 aliphatic carbocycles. The number of hydrogen-bond acceptors (Lipinski definition) is 2. The van der Waals surface area contributed by atoms with E-state index in [-0.39, 0.29) is 16.9 Å². The topological polar surface area (TPSA) is 21.3 Å². The Morgan fingerprint density at radius 1 is 1.39 bits per heavy atom. The van der Waals surface area contributed by atoms with E-state index in [1.54, 1.807) is 12.1 Å². The van der Waals surface area contributed by atoms with Crippen LogP contribution in [0.5, 0.6) is 5.75 Å². The van der Waals surface area contributed by atoms with E-state index < -0.39 is 5.82 Å². The van der Waals surface area contributed by atoms with Gasteiger partial charge in [-0.25, -0.2) is 4.39 Å². The lowest BCUT2D eigenvalue weighted by Gasteiger charge is -2.21. The maximum absolute atomic E-state index is 13.7. The largest absolute Gasteiger partial charge is 0.486 e. The first-order valence-electron chi connectivity index (χ1n) is 6.38. The van der Waals surface area contributed by atoms with Crippen molar-refractivity contribution in [3.05, 3.63) is 29.0 Å². The molecule has 0 spiro atoms. The second-order valence-corrected chi connectivity index (χ2v) is 5.05. The molecule has 0 aliphatic heterocycles. The average Bonchev–Trinajstić information content (AvgIpc) is 2.32. The summed E-state index contributed by atoms with van der Waals surface area (Å²) in [5, 5.41) is 3.40. The molecule has 1 rings (SSSR count). The van der Waals surface area contributed by atoms with Gasteiger partial charge in [0, 0.05) is 12.6 Å². The van der Waals surface area contributed by atoms with Crippen molar-refractivity contribution < 1.29 is 9.13 Å². The first-order valence-corrected chi connectivity index (χ1v) is 6.76. The zero-order valence-electron chi connectivity index (χ0n) is 11.2. The molecule has 1 aromatic rings. The van der Waals surface area contributed by atoms with Crippen LogP contribution in [0.25, 0.3) is 0 Å². The Hall–Kier alpha value is -0.800. The molecule has 0 heterocycles. The minimum Gasteiger partial charge on any atom is -0.486 e. The summed E-state index contributed by atoms with van der Waals surface area (Å²) >= 11 is 5.73. The molecule has 0 aromatic heterocycles. The molecular formula is C14H21ClFNO. The molecule has 0 amide bonds. The third kappa shape index (κ3) is 4.83. The lowest BCUT2D eigenvalue weighted by molar-refractivity contribution is 0.176. The fraction of sp³-hybridized carbons (Fsp3) is 0.571. The SMILES string of the molecule is CCCC(CNC(C)C)Oc1cccc(Cl)c1F. The third-order valence-corrected chi connectivity index (χ3v) is 2.87. The minimum absolute atomic E-state index is 0.0367. The molecule has 0 saturated heterocycles. The van der Waals surface area contributed by atoms with E-state index in [0.717, 1.165) is 12.8 Å². The van der Waals surface area contributed by atoms with Gasteiger partial charge in [-0.05, 0) is 18.6 Å². The fourth-order valence-electron chi connectivity index (χ4n) is 1.65. The van der Waals surface area contributed by atoms with Crippen LogP contribution in [0, 0.1) is 5.82 Å². The van der Waals surface area contributed by atoms with Crippen LogP contribution in [0.1, 0.15) is 33.6 Å². The molecule has 1 unspecified atom stereocenters. The zero-order chi connectivity index (χ0) is 13.5. The number of benzene rings is 1. The molecule has 0 aliphatic rings. The monoisotopic (exact) mass is 273 g/mol. The van der Waals surface area contributed by atoms with Crippen LogP contribution in [0.4, 0.5) is 4.39 Å². The van der Waals surface area contributed by atoms with Crippen LogP contribution in [0.2, 0.25) is 5.02 Å². The van der Waals surface area contributed by atoms with Gasteiger partial charge in [0.2, 0.25) is 0 Å². The summed E-state index contributed by atoms with van der Waals surface area (Å²) in [6, 6.07) is 5.21. The Labute approximate surface area is 113 Å². The summed E-state index contributed by atoms with van der Waals surface area (Å²) in [6.07, 6.45) is 1.84. The molecule has 18 heavy (non-hydrogen) atoms. The van der Waals surface area contributed by atoms with Crippen molar-refractivity contribution >= 4 is 11.6 Å². The molecule has 4 heteroatoms. The molecule has 0 saturated carbocycles. The van der Waals surface area contributed by atoms with Gasteiger partial charge in [-0.15, -0.1) is 0 Å². The van der Waals surface area contributed by atoms with Gasteiger partial charge in [-0.3, -0.25) is 0 Å². The van der Waals surface area contributed by atoms with Crippen molar-refractivity contribution in [3.63, 3.8) is 0 Å². The molecule has 0 fully saturated rings. The van der Waals surface area contributed by atoms with Crippen LogP contribution < -0.4 is 10.1 Å². The summed E-state index contributed by atoms with van der Waals surface area (Å²) in [5.74, 6) is -0.253. The van der Waals surface area contributed by atoms with E-state index in [2.05, 4.69) is 26.1 Å². The maximum atomic E-state index is 13.7. The van der Waals surface area contributed by atoms with Gasteiger partial charge in [0.05, 0.1) is 5.02 Å². The van der Waals surface area contributed by atoms with Crippen molar-refractivity contribution in [1.29, 1.82) is 0 Å². The van der Waals surface area contributed by atoms with E-state index >= 15 is 0 Å². The lowest BCUT2D eigenvalue weighted by Crippen LogP contribution is -2.35. The molecule has 0 bridgehead atoms. The zero-order valence-corrected chi connectivity index (χ0v) is 11.9. The molecule has 0 radical (unpaired) electrons. The average molecular weight is 274 g/mol. The quantitative estimate of drug-likeness (QED) is 0.810. The van der Waals surface area contributed by atoms with E-state index in [0.29, 0.717) is 12.6 Å². The first-order chi connectivity index (χ1) is 8.54. The Morgan fingerprint density at radius 2 is 2.11 bits per heavy atom. The van der Waals surface area contributed by atoms with Gasteiger partial charge in [-0.1, -0.05) is 44.9 Å². The standard InChI is InChI=1S/C14H21ClFNO/c1-4-6-11(9-17-10(2)3)18-13-8-5-7-12(15)14(13)16/h5,7-8,10-11,17H,4,6,9H2,1-3H3. The van der Waals surface area contributed by atoms with Crippen molar-refractivity contribution in [1.82, 2.24) is 5.32 Å². The molecule has 1 atom stereocenters. The van der Waals surface area contributed by atoms with Crippen molar-refractivity contribution in [2.75, 3.05) is 6.54 Å². The number of nitrogens with one attached hydrogen (secondary N) is 1. The Balaban J connectivity index is 2.67. The molecular weight excluding hydrogens is 253 g/mol. The molecule has 1 N–H and O–H groups in total. The van der Waals surface area contributed by atoms with Crippen molar-refractivity contribution in [2.24, 2.45) is 0 Å². The Bertz CT molecular complexity index is 371. The van der Waals surface area contributed by atoms with Crippen LogP contribution in [0.15, 0.2) is 18.2 Å². The van der Waals surface area contributed by atoms with Gasteiger partial charge in [0.25, 0.3) is 0 Å². The predicted octanol–water partition coefficient (Wildman–Crippen LogP) is 4.02. The maximum Gasteiger partial charge on any atom is 0.183 e. The number of rotatable bonds is 7. The van der Waals surface area contributed by atoms with Crippen LogP contribution in [-0.2, 0) is 0 Å². The highest BCUT2D eigenvalue weighted by atomic mass is 35.5. The summed E-state index contributed by atoms with van der Waals surface area (Å²) in [6.45, 7) is 6.93. The van der Waals surface area contributed by atoms with E-state index in [9.17, 15) is 4.39 Å². The third-order valence-electron chi connectivity index (χ3n) is 2.57. The summed E-state index contributed by atoms with van der Waals surface area (Å²) in [5.41, 5.74) is 0. The Kier molecular flexibility index (Phi) is 6.44. The number of hydrogen-bond donors (Lipinski definition) is 1. The molecule has 2 nitrogen and oxygen atoms in total. The summed E-state index contributed by atoms with van der Waals surface area (Å²) in [7, 11) is 0. The van der Waals surface area contributed by atoms with Crippen LogP contribution >= 0.6 is 11.6 Å². The lowest BCUT2D eigenvalue weighted by atomic mass is 10.2. The highest BCUT2D eigenvalue weighted by molar-refractivity contribution is 6.30. The first kappa shape index (κ1) is 15.3. The van der Waals surface area contributed by atoms with E-state index in [4.69, 9.17) is 16.3 Å². The predicted molar refractivity (Wildman–Crippen MR) is 73.9 cm³/mol. The van der Waals surface area contributed by atoms with Gasteiger partial charge in [-0.2, -0.15) is 0 Å². The second kappa shape index (κ2) is 7.59. The Morgan fingerprint density at radius 3 is 2.72 bits per heavy atom. The van der Waals surface area contributed by atoms with Crippen molar-refractivity contribution in [3.8, 4) is 5.75 Å². The smallest absolute Gasteiger partial charge is 0.183 e.